The van der Waals surface area contributed by atoms with E-state index in [1.54, 1.807) is 0 Å². The minimum atomic E-state index is -0.462. The Hall–Kier alpha value is -3.54. The number of furan rings is 1. The summed E-state index contributed by atoms with van der Waals surface area (Å²) in [6, 6.07) is 19.1. The molecule has 0 saturated carbocycles. The zero-order valence-electron chi connectivity index (χ0n) is 14.0. The number of amides is 2. The van der Waals surface area contributed by atoms with E-state index in [-0.39, 0.29) is 6.61 Å². The molecule has 132 valence electrons. The van der Waals surface area contributed by atoms with Gasteiger partial charge in [-0.25, -0.2) is 0 Å². The second-order valence-electron chi connectivity index (χ2n) is 5.57. The van der Waals surface area contributed by atoms with Gasteiger partial charge in [-0.05, 0) is 23.3 Å². The first-order valence-electron chi connectivity index (χ1n) is 8.08. The first-order valence-corrected chi connectivity index (χ1v) is 8.08. The van der Waals surface area contributed by atoms with Gasteiger partial charge >= 0.3 is 0 Å². The Bertz CT molecular complexity index is 861. The third-order valence-electron chi connectivity index (χ3n) is 3.67. The van der Waals surface area contributed by atoms with E-state index in [0.717, 1.165) is 11.1 Å². The van der Waals surface area contributed by atoms with Gasteiger partial charge in [0.15, 0.2) is 6.61 Å². The molecule has 3 aromatic rings. The van der Waals surface area contributed by atoms with Crippen LogP contribution in [0.25, 0.3) is 0 Å². The van der Waals surface area contributed by atoms with Crippen molar-refractivity contribution in [1.82, 2.24) is 10.9 Å². The summed E-state index contributed by atoms with van der Waals surface area (Å²) in [5.41, 5.74) is 7.05. The van der Waals surface area contributed by atoms with E-state index >= 15 is 0 Å². The zero-order valence-corrected chi connectivity index (χ0v) is 14.0. The van der Waals surface area contributed by atoms with Crippen LogP contribution in [0, 0.1) is 0 Å². The van der Waals surface area contributed by atoms with Crippen LogP contribution >= 0.6 is 0 Å². The predicted molar refractivity (Wildman–Crippen MR) is 95.5 cm³/mol. The van der Waals surface area contributed by atoms with Crippen molar-refractivity contribution in [2.45, 2.75) is 6.42 Å². The summed E-state index contributed by atoms with van der Waals surface area (Å²) >= 11 is 0. The highest BCUT2D eigenvalue weighted by molar-refractivity contribution is 5.95. The van der Waals surface area contributed by atoms with Crippen molar-refractivity contribution in [3.8, 4) is 5.75 Å². The van der Waals surface area contributed by atoms with Crippen molar-refractivity contribution in [1.29, 1.82) is 0 Å². The molecule has 0 fully saturated rings. The lowest BCUT2D eigenvalue weighted by molar-refractivity contribution is -0.123. The van der Waals surface area contributed by atoms with Gasteiger partial charge in [-0.15, -0.1) is 0 Å². The Labute approximate surface area is 150 Å². The Morgan fingerprint density at radius 2 is 1.69 bits per heavy atom. The summed E-state index contributed by atoms with van der Waals surface area (Å²) in [6.07, 6.45) is 3.37. The normalized spacial score (nSPS) is 10.2. The molecular formula is C20H18N2O4. The third-order valence-corrected chi connectivity index (χ3v) is 3.67. The Balaban J connectivity index is 1.53. The van der Waals surface area contributed by atoms with E-state index in [4.69, 9.17) is 9.15 Å². The molecule has 0 bridgehead atoms. The summed E-state index contributed by atoms with van der Waals surface area (Å²) < 4.78 is 10.4. The minimum Gasteiger partial charge on any atom is -0.483 e. The average Bonchev–Trinajstić information content (AvgIpc) is 3.21. The van der Waals surface area contributed by atoms with Crippen molar-refractivity contribution in [3.63, 3.8) is 0 Å². The molecule has 0 aliphatic rings. The highest BCUT2D eigenvalue weighted by Gasteiger charge is 2.10. The molecule has 6 nitrogen and oxygen atoms in total. The van der Waals surface area contributed by atoms with Crippen molar-refractivity contribution in [2.75, 3.05) is 6.61 Å². The molecule has 3 rings (SSSR count). The van der Waals surface area contributed by atoms with Crippen LogP contribution in [0.2, 0.25) is 0 Å². The SMILES string of the molecule is O=C(COc1ccccc1Cc1ccccc1)NNC(=O)c1ccoc1. The minimum absolute atomic E-state index is 0.211. The fourth-order valence-electron chi connectivity index (χ4n) is 2.38. The van der Waals surface area contributed by atoms with E-state index in [0.29, 0.717) is 17.7 Å². The van der Waals surface area contributed by atoms with E-state index < -0.39 is 11.8 Å². The summed E-state index contributed by atoms with van der Waals surface area (Å²) in [5.74, 6) is -0.291. The quantitative estimate of drug-likeness (QED) is 0.670. The van der Waals surface area contributed by atoms with Crippen molar-refractivity contribution < 1.29 is 18.7 Å². The van der Waals surface area contributed by atoms with Crippen molar-refractivity contribution >= 4 is 11.8 Å². The van der Waals surface area contributed by atoms with Gasteiger partial charge in [0.2, 0.25) is 0 Å². The van der Waals surface area contributed by atoms with Crippen molar-refractivity contribution in [2.24, 2.45) is 0 Å². The lowest BCUT2D eigenvalue weighted by Crippen LogP contribution is -2.43. The van der Waals surface area contributed by atoms with E-state index in [1.165, 1.54) is 18.6 Å². The van der Waals surface area contributed by atoms with Gasteiger partial charge in [0.05, 0.1) is 11.8 Å². The monoisotopic (exact) mass is 350 g/mol. The maximum Gasteiger partial charge on any atom is 0.276 e. The van der Waals surface area contributed by atoms with Crippen LogP contribution < -0.4 is 15.6 Å². The standard InChI is InChI=1S/C20H18N2O4/c23-19(21-22-20(24)17-10-11-25-13-17)14-26-18-9-5-4-8-16(18)12-15-6-2-1-3-7-15/h1-11,13H,12,14H2,(H,21,23)(H,22,24). The van der Waals surface area contributed by atoms with E-state index in [9.17, 15) is 9.59 Å². The van der Waals surface area contributed by atoms with E-state index in [1.807, 2.05) is 54.6 Å². The fraction of sp³-hybridized carbons (Fsp3) is 0.100. The molecule has 0 atom stereocenters. The van der Waals surface area contributed by atoms with Gasteiger partial charge in [0.25, 0.3) is 11.8 Å². The molecule has 0 aliphatic carbocycles. The lowest BCUT2D eigenvalue weighted by atomic mass is 10.0. The molecule has 2 amide bonds. The van der Waals surface area contributed by atoms with E-state index in [2.05, 4.69) is 10.9 Å². The first-order chi connectivity index (χ1) is 12.7. The van der Waals surface area contributed by atoms with Crippen LogP contribution in [0.3, 0.4) is 0 Å². The van der Waals surface area contributed by atoms with Gasteiger partial charge in [-0.1, -0.05) is 48.5 Å². The smallest absolute Gasteiger partial charge is 0.276 e. The molecule has 0 unspecified atom stereocenters. The fourth-order valence-corrected chi connectivity index (χ4v) is 2.38. The Morgan fingerprint density at radius 1 is 0.923 bits per heavy atom. The summed E-state index contributed by atoms with van der Waals surface area (Å²) in [5, 5.41) is 0. The Morgan fingerprint density at radius 3 is 2.46 bits per heavy atom. The van der Waals surface area contributed by atoms with Gasteiger partial charge in [0, 0.05) is 6.42 Å². The van der Waals surface area contributed by atoms with Crippen LogP contribution in [-0.2, 0) is 11.2 Å². The number of hydrazine groups is 1. The maximum atomic E-state index is 11.9. The average molecular weight is 350 g/mol. The number of ether oxygens (including phenoxy) is 1. The highest BCUT2D eigenvalue weighted by atomic mass is 16.5. The molecule has 0 saturated heterocycles. The van der Waals surface area contributed by atoms with Crippen LogP contribution in [-0.4, -0.2) is 18.4 Å². The third kappa shape index (κ3) is 4.73. The molecule has 1 heterocycles. The molecule has 1 aromatic heterocycles. The van der Waals surface area contributed by atoms with Gasteiger partial charge in [-0.2, -0.15) is 0 Å². The van der Waals surface area contributed by atoms with Crippen LogP contribution in [0.1, 0.15) is 21.5 Å². The second kappa shape index (κ2) is 8.53. The molecular weight excluding hydrogens is 332 g/mol. The first kappa shape index (κ1) is 17.3. The largest absolute Gasteiger partial charge is 0.483 e. The lowest BCUT2D eigenvalue weighted by Gasteiger charge is -2.12. The van der Waals surface area contributed by atoms with Crippen LogP contribution in [0.5, 0.6) is 5.75 Å². The number of rotatable bonds is 6. The highest BCUT2D eigenvalue weighted by Crippen LogP contribution is 2.21. The number of hydrogen-bond acceptors (Lipinski definition) is 4. The molecule has 26 heavy (non-hydrogen) atoms. The topological polar surface area (TPSA) is 80.6 Å². The van der Waals surface area contributed by atoms with Crippen LogP contribution in [0.4, 0.5) is 0 Å². The number of carbonyl (C=O) groups is 2. The molecule has 0 spiro atoms. The predicted octanol–water partition coefficient (Wildman–Crippen LogP) is 2.71. The van der Waals surface area contributed by atoms with Crippen molar-refractivity contribution in [3.05, 3.63) is 89.9 Å². The van der Waals surface area contributed by atoms with Gasteiger partial charge < -0.3 is 9.15 Å². The molecule has 2 aromatic carbocycles. The molecule has 0 aliphatic heterocycles. The number of carbonyl (C=O) groups excluding carboxylic acids is 2. The summed E-state index contributed by atoms with van der Waals surface area (Å²) in [7, 11) is 0. The van der Waals surface area contributed by atoms with Gasteiger partial charge in [0.1, 0.15) is 12.0 Å². The second-order valence-corrected chi connectivity index (χ2v) is 5.57. The Kier molecular flexibility index (Phi) is 5.67. The molecule has 2 N–H and O–H groups in total. The van der Waals surface area contributed by atoms with Gasteiger partial charge in [-0.3, -0.25) is 20.4 Å². The molecule has 6 heteroatoms. The zero-order chi connectivity index (χ0) is 18.2. The van der Waals surface area contributed by atoms with Crippen LogP contribution in [0.15, 0.2) is 77.6 Å². The number of hydrogen-bond donors (Lipinski definition) is 2. The number of nitrogens with one attached hydrogen (secondary N) is 2. The number of benzene rings is 2. The maximum absolute atomic E-state index is 11.9. The summed E-state index contributed by atoms with van der Waals surface area (Å²) in [4.78, 5) is 23.6. The summed E-state index contributed by atoms with van der Waals surface area (Å²) in [6.45, 7) is -0.211. The molecule has 0 radical (unpaired) electrons. The number of para-hydroxylation sites is 1.